The monoisotopic (exact) mass is 311 g/mol. The quantitative estimate of drug-likeness (QED) is 0.825. The zero-order chi connectivity index (χ0) is 14.5. The Balaban J connectivity index is 1.97. The van der Waals surface area contributed by atoms with E-state index in [0.29, 0.717) is 12.4 Å². The van der Waals surface area contributed by atoms with Gasteiger partial charge in [0, 0.05) is 26.0 Å². The summed E-state index contributed by atoms with van der Waals surface area (Å²) in [7, 11) is 1.93. The third kappa shape index (κ3) is 3.54. The van der Waals surface area contributed by atoms with E-state index in [1.165, 1.54) is 5.56 Å². The van der Waals surface area contributed by atoms with Crippen LogP contribution in [0.3, 0.4) is 0 Å². The van der Waals surface area contributed by atoms with E-state index in [0.717, 1.165) is 34.9 Å². The second-order valence-electron chi connectivity index (χ2n) is 4.74. The summed E-state index contributed by atoms with van der Waals surface area (Å²) in [6.07, 6.45) is 0.852. The molecule has 0 amide bonds. The number of rotatable bonds is 6. The van der Waals surface area contributed by atoms with Gasteiger partial charge in [0.1, 0.15) is 0 Å². The molecule has 0 saturated carbocycles. The largest absolute Gasteiger partial charge is 0.307 e. The minimum Gasteiger partial charge on any atom is -0.307 e. The zero-order valence-corrected chi connectivity index (χ0v) is 13.3. The van der Waals surface area contributed by atoms with Crippen LogP contribution in [-0.2, 0) is 32.4 Å². The van der Waals surface area contributed by atoms with Crippen LogP contribution < -0.4 is 5.32 Å². The first-order chi connectivity index (χ1) is 9.65. The molecule has 0 radical (unpaired) electrons. The molecule has 0 bridgehead atoms. The van der Waals surface area contributed by atoms with Crippen LogP contribution in [0, 0.1) is 0 Å². The molecule has 2 aromatic rings. The molecule has 0 aliphatic heterocycles. The van der Waals surface area contributed by atoms with Crippen molar-refractivity contribution in [2.75, 3.05) is 0 Å². The second kappa shape index (κ2) is 7.11. The first-order valence-corrected chi connectivity index (χ1v) is 7.61. The average Bonchev–Trinajstić information content (AvgIpc) is 2.74. The Morgan fingerprint density at radius 3 is 2.65 bits per heavy atom. The molecule has 0 unspecified atom stereocenters. The van der Waals surface area contributed by atoms with Crippen molar-refractivity contribution in [2.24, 2.45) is 7.05 Å². The number of alkyl halides is 1. The van der Waals surface area contributed by atoms with Crippen molar-refractivity contribution in [1.29, 1.82) is 0 Å². The van der Waals surface area contributed by atoms with Crippen molar-refractivity contribution >= 4 is 23.2 Å². The highest BCUT2D eigenvalue weighted by atomic mass is 35.5. The van der Waals surface area contributed by atoms with E-state index in [2.05, 4.69) is 29.5 Å². The van der Waals surface area contributed by atoms with E-state index >= 15 is 0 Å². The first-order valence-electron chi connectivity index (χ1n) is 6.70. The van der Waals surface area contributed by atoms with E-state index in [9.17, 15) is 0 Å². The van der Waals surface area contributed by atoms with E-state index in [4.69, 9.17) is 23.2 Å². The fourth-order valence-electron chi connectivity index (χ4n) is 2.16. The molecule has 0 fully saturated rings. The molecule has 0 spiro atoms. The van der Waals surface area contributed by atoms with Gasteiger partial charge in [-0.3, -0.25) is 4.68 Å². The Labute approximate surface area is 129 Å². The summed E-state index contributed by atoms with van der Waals surface area (Å²) in [5.74, 6) is 0.543. The third-order valence-electron chi connectivity index (χ3n) is 3.27. The minimum absolute atomic E-state index is 0.543. The molecule has 0 saturated heterocycles. The van der Waals surface area contributed by atoms with Gasteiger partial charge >= 0.3 is 0 Å². The predicted molar refractivity (Wildman–Crippen MR) is 84.1 cm³/mol. The maximum absolute atomic E-state index is 6.32. The van der Waals surface area contributed by atoms with Crippen molar-refractivity contribution in [3.8, 4) is 0 Å². The lowest BCUT2D eigenvalue weighted by Gasteiger charge is -2.07. The van der Waals surface area contributed by atoms with Gasteiger partial charge in [-0.15, -0.1) is 11.6 Å². The molecular formula is C15H19Cl2N3. The summed E-state index contributed by atoms with van der Waals surface area (Å²) < 4.78 is 1.85. The normalized spacial score (nSPS) is 11.0. The summed E-state index contributed by atoms with van der Waals surface area (Å²) in [4.78, 5) is 0. The van der Waals surface area contributed by atoms with Crippen LogP contribution in [0.4, 0.5) is 0 Å². The Kier molecular flexibility index (Phi) is 5.46. The van der Waals surface area contributed by atoms with Gasteiger partial charge in [0.05, 0.1) is 16.4 Å². The lowest BCUT2D eigenvalue weighted by molar-refractivity contribution is 0.623. The van der Waals surface area contributed by atoms with Crippen molar-refractivity contribution in [3.05, 3.63) is 51.8 Å². The summed E-state index contributed by atoms with van der Waals surface area (Å²) in [6.45, 7) is 3.55. The maximum Gasteiger partial charge on any atom is 0.0863 e. The van der Waals surface area contributed by atoms with Gasteiger partial charge in [0.25, 0.3) is 0 Å². The fourth-order valence-corrected chi connectivity index (χ4v) is 2.69. The Morgan fingerprint density at radius 2 is 2.00 bits per heavy atom. The topological polar surface area (TPSA) is 29.9 Å². The number of aryl methyl sites for hydroxylation is 2. The van der Waals surface area contributed by atoms with Crippen LogP contribution in [0.1, 0.15) is 29.4 Å². The van der Waals surface area contributed by atoms with Crippen molar-refractivity contribution in [2.45, 2.75) is 32.3 Å². The fraction of sp³-hybridized carbons (Fsp3) is 0.400. The van der Waals surface area contributed by atoms with Gasteiger partial charge in [-0.25, -0.2) is 0 Å². The lowest BCUT2D eigenvalue weighted by Crippen LogP contribution is -2.15. The Morgan fingerprint density at radius 1 is 1.25 bits per heavy atom. The SMILES string of the molecule is CCc1nn(C)c(CNCc2cccc(CCl)c2)c1Cl. The summed E-state index contributed by atoms with van der Waals surface area (Å²) in [6, 6.07) is 8.26. The zero-order valence-electron chi connectivity index (χ0n) is 11.8. The predicted octanol–water partition coefficient (Wildman–Crippen LogP) is 3.66. The van der Waals surface area contributed by atoms with Crippen molar-refractivity contribution in [3.63, 3.8) is 0 Å². The van der Waals surface area contributed by atoms with Crippen LogP contribution in [0.25, 0.3) is 0 Å². The van der Waals surface area contributed by atoms with Gasteiger partial charge in [-0.1, -0.05) is 42.8 Å². The first kappa shape index (κ1) is 15.4. The van der Waals surface area contributed by atoms with Crippen LogP contribution in [0.15, 0.2) is 24.3 Å². The molecule has 3 nitrogen and oxygen atoms in total. The van der Waals surface area contributed by atoms with E-state index in [1.807, 2.05) is 23.9 Å². The molecular weight excluding hydrogens is 293 g/mol. The van der Waals surface area contributed by atoms with Gasteiger partial charge in [0.15, 0.2) is 0 Å². The number of benzene rings is 1. The van der Waals surface area contributed by atoms with Gasteiger partial charge < -0.3 is 5.32 Å². The van der Waals surface area contributed by atoms with E-state index < -0.39 is 0 Å². The van der Waals surface area contributed by atoms with Gasteiger partial charge in [-0.2, -0.15) is 5.10 Å². The molecule has 20 heavy (non-hydrogen) atoms. The van der Waals surface area contributed by atoms with Crippen molar-refractivity contribution < 1.29 is 0 Å². The molecule has 108 valence electrons. The van der Waals surface area contributed by atoms with E-state index in [1.54, 1.807) is 0 Å². The number of halogens is 2. The van der Waals surface area contributed by atoms with Crippen LogP contribution in [0.2, 0.25) is 5.02 Å². The van der Waals surface area contributed by atoms with E-state index in [-0.39, 0.29) is 0 Å². The minimum atomic E-state index is 0.543. The molecule has 0 atom stereocenters. The van der Waals surface area contributed by atoms with Gasteiger partial charge in [0.2, 0.25) is 0 Å². The molecule has 0 aliphatic rings. The standard InChI is InChI=1S/C15H19Cl2N3/c1-3-13-15(17)14(20(2)19-13)10-18-9-12-6-4-5-11(7-12)8-16/h4-7,18H,3,8-10H2,1-2H3. The molecule has 1 aromatic heterocycles. The molecule has 2 rings (SSSR count). The highest BCUT2D eigenvalue weighted by Gasteiger charge is 2.12. The van der Waals surface area contributed by atoms with Crippen LogP contribution in [-0.4, -0.2) is 9.78 Å². The Hall–Kier alpha value is -1.03. The number of nitrogens with one attached hydrogen (secondary N) is 1. The molecule has 1 heterocycles. The lowest BCUT2D eigenvalue weighted by atomic mass is 10.1. The number of aromatic nitrogens is 2. The molecule has 0 aliphatic carbocycles. The number of hydrogen-bond acceptors (Lipinski definition) is 2. The van der Waals surface area contributed by atoms with Crippen LogP contribution in [0.5, 0.6) is 0 Å². The molecule has 5 heteroatoms. The smallest absolute Gasteiger partial charge is 0.0863 e. The summed E-state index contributed by atoms with van der Waals surface area (Å²) in [5.41, 5.74) is 4.34. The van der Waals surface area contributed by atoms with Gasteiger partial charge in [-0.05, 0) is 17.5 Å². The average molecular weight is 312 g/mol. The third-order valence-corrected chi connectivity index (χ3v) is 4.02. The summed E-state index contributed by atoms with van der Waals surface area (Å²) in [5, 5.41) is 8.58. The highest BCUT2D eigenvalue weighted by molar-refractivity contribution is 6.31. The summed E-state index contributed by atoms with van der Waals surface area (Å²) >= 11 is 12.2. The number of nitrogens with zero attached hydrogens (tertiary/aromatic N) is 2. The number of hydrogen-bond donors (Lipinski definition) is 1. The molecule has 1 aromatic carbocycles. The van der Waals surface area contributed by atoms with Crippen LogP contribution >= 0.6 is 23.2 Å². The second-order valence-corrected chi connectivity index (χ2v) is 5.39. The highest BCUT2D eigenvalue weighted by Crippen LogP contribution is 2.20. The maximum atomic E-state index is 6.32. The molecule has 1 N–H and O–H groups in total. The van der Waals surface area contributed by atoms with Crippen molar-refractivity contribution in [1.82, 2.24) is 15.1 Å². The Bertz CT molecular complexity index is 578.